The van der Waals surface area contributed by atoms with Crippen molar-refractivity contribution in [3.8, 4) is 23.0 Å². The van der Waals surface area contributed by atoms with Crippen LogP contribution < -0.4 is 19.7 Å². The standard InChI is InChI=1S/C19H24N6O2S/c1-25(19-23-18(24-28-19)15-12-21-13-22-15)8-2-6-20-7-5-14-3-4-16-17(11-14)27-10-9-26-16/h3-4,11-13,20H,2,5-10H2,1H3,(H,21,22). The van der Waals surface area contributed by atoms with Gasteiger partial charge in [0.25, 0.3) is 0 Å². The van der Waals surface area contributed by atoms with Crippen molar-refractivity contribution in [2.75, 3.05) is 44.8 Å². The third-order valence-electron chi connectivity index (χ3n) is 4.53. The largest absolute Gasteiger partial charge is 0.486 e. The van der Waals surface area contributed by atoms with E-state index in [4.69, 9.17) is 9.47 Å². The van der Waals surface area contributed by atoms with Gasteiger partial charge in [-0.05, 0) is 43.6 Å². The summed E-state index contributed by atoms with van der Waals surface area (Å²) in [6.07, 6.45) is 5.38. The molecule has 148 valence electrons. The average molecular weight is 401 g/mol. The molecule has 0 atom stereocenters. The molecule has 0 unspecified atom stereocenters. The van der Waals surface area contributed by atoms with Crippen LogP contribution in [0.2, 0.25) is 0 Å². The minimum atomic E-state index is 0.625. The smallest absolute Gasteiger partial charge is 0.205 e. The van der Waals surface area contributed by atoms with Gasteiger partial charge < -0.3 is 24.7 Å². The molecule has 0 bridgehead atoms. The zero-order valence-electron chi connectivity index (χ0n) is 15.9. The minimum Gasteiger partial charge on any atom is -0.486 e. The van der Waals surface area contributed by atoms with Gasteiger partial charge in [0.1, 0.15) is 18.9 Å². The highest BCUT2D eigenvalue weighted by Gasteiger charge is 2.12. The SMILES string of the molecule is CN(CCCNCCc1ccc2c(c1)OCCO2)c1nc(-c2cnc[nH]2)ns1. The van der Waals surface area contributed by atoms with Gasteiger partial charge in [0, 0.05) is 25.1 Å². The molecule has 1 aliphatic heterocycles. The molecule has 0 spiro atoms. The number of benzene rings is 1. The number of anilines is 1. The molecule has 0 aliphatic carbocycles. The third kappa shape index (κ3) is 4.60. The Kier molecular flexibility index (Phi) is 6.03. The molecule has 0 amide bonds. The second-order valence-corrected chi connectivity index (χ2v) is 7.35. The van der Waals surface area contributed by atoms with Crippen LogP contribution in [0.5, 0.6) is 11.5 Å². The van der Waals surface area contributed by atoms with Gasteiger partial charge in [-0.1, -0.05) is 6.07 Å². The van der Waals surface area contributed by atoms with E-state index in [0.717, 1.165) is 54.8 Å². The van der Waals surface area contributed by atoms with Crippen LogP contribution in [-0.2, 0) is 6.42 Å². The summed E-state index contributed by atoms with van der Waals surface area (Å²) in [4.78, 5) is 13.7. The number of fused-ring (bicyclic) bond motifs is 1. The van der Waals surface area contributed by atoms with Crippen molar-refractivity contribution in [2.45, 2.75) is 12.8 Å². The molecule has 9 heteroatoms. The third-order valence-corrected chi connectivity index (χ3v) is 5.36. The Morgan fingerprint density at radius 1 is 1.21 bits per heavy atom. The van der Waals surface area contributed by atoms with E-state index in [1.807, 2.05) is 13.1 Å². The van der Waals surface area contributed by atoms with Crippen molar-refractivity contribution in [3.63, 3.8) is 0 Å². The Morgan fingerprint density at radius 3 is 2.96 bits per heavy atom. The van der Waals surface area contributed by atoms with Gasteiger partial charge in [-0.3, -0.25) is 0 Å². The summed E-state index contributed by atoms with van der Waals surface area (Å²) in [7, 11) is 2.05. The first-order chi connectivity index (χ1) is 13.8. The second-order valence-electron chi connectivity index (χ2n) is 6.62. The molecule has 3 heterocycles. The first-order valence-electron chi connectivity index (χ1n) is 9.42. The number of rotatable bonds is 9. The van der Waals surface area contributed by atoms with Crippen LogP contribution >= 0.6 is 11.5 Å². The molecule has 28 heavy (non-hydrogen) atoms. The van der Waals surface area contributed by atoms with E-state index in [9.17, 15) is 0 Å². The Bertz CT molecular complexity index is 882. The molecule has 3 aromatic rings. The lowest BCUT2D eigenvalue weighted by Gasteiger charge is -2.19. The van der Waals surface area contributed by atoms with E-state index >= 15 is 0 Å². The Morgan fingerprint density at radius 2 is 2.11 bits per heavy atom. The first kappa shape index (κ1) is 18.7. The Hall–Kier alpha value is -2.65. The monoisotopic (exact) mass is 400 g/mol. The number of H-pyrrole nitrogens is 1. The minimum absolute atomic E-state index is 0.625. The van der Waals surface area contributed by atoms with Crippen LogP contribution in [0.4, 0.5) is 5.13 Å². The van der Waals surface area contributed by atoms with Gasteiger partial charge in [-0.25, -0.2) is 4.98 Å². The van der Waals surface area contributed by atoms with Gasteiger partial charge in [0.2, 0.25) is 5.13 Å². The topological polar surface area (TPSA) is 88.2 Å². The lowest BCUT2D eigenvalue weighted by Crippen LogP contribution is -2.25. The molecule has 1 aliphatic rings. The molecule has 0 fully saturated rings. The van der Waals surface area contributed by atoms with E-state index in [-0.39, 0.29) is 0 Å². The van der Waals surface area contributed by atoms with Crippen LogP contribution in [0.15, 0.2) is 30.7 Å². The number of aromatic nitrogens is 4. The predicted molar refractivity (Wildman–Crippen MR) is 109 cm³/mol. The summed E-state index contributed by atoms with van der Waals surface area (Å²) in [5.41, 5.74) is 2.10. The number of aromatic amines is 1. The fraction of sp³-hybridized carbons (Fsp3) is 0.421. The summed E-state index contributed by atoms with van der Waals surface area (Å²) in [5, 5.41) is 4.42. The molecule has 2 aromatic heterocycles. The van der Waals surface area contributed by atoms with Gasteiger partial charge in [-0.15, -0.1) is 0 Å². The van der Waals surface area contributed by atoms with Crippen LogP contribution in [0.1, 0.15) is 12.0 Å². The Labute approximate surface area is 168 Å². The fourth-order valence-electron chi connectivity index (χ4n) is 3.00. The van der Waals surface area contributed by atoms with E-state index < -0.39 is 0 Å². The number of hydrogen-bond acceptors (Lipinski definition) is 8. The van der Waals surface area contributed by atoms with Crippen molar-refractivity contribution in [1.82, 2.24) is 24.6 Å². The predicted octanol–water partition coefficient (Wildman–Crippen LogP) is 2.36. The summed E-state index contributed by atoms with van der Waals surface area (Å²) >= 11 is 1.41. The number of nitrogens with zero attached hydrogens (tertiary/aromatic N) is 4. The lowest BCUT2D eigenvalue weighted by atomic mass is 10.1. The van der Waals surface area contributed by atoms with Gasteiger partial charge in [0.05, 0.1) is 12.5 Å². The summed E-state index contributed by atoms with van der Waals surface area (Å²) < 4.78 is 15.6. The molecular weight excluding hydrogens is 376 g/mol. The molecule has 0 radical (unpaired) electrons. The van der Waals surface area contributed by atoms with Crippen LogP contribution in [0, 0.1) is 0 Å². The van der Waals surface area contributed by atoms with E-state index in [1.54, 1.807) is 12.5 Å². The Balaban J connectivity index is 1.15. The van der Waals surface area contributed by atoms with Gasteiger partial charge in [-0.2, -0.15) is 9.36 Å². The molecular formula is C19H24N6O2S. The van der Waals surface area contributed by atoms with Crippen molar-refractivity contribution in [2.24, 2.45) is 0 Å². The second kappa shape index (κ2) is 9.03. The lowest BCUT2D eigenvalue weighted by molar-refractivity contribution is 0.171. The van der Waals surface area contributed by atoms with Crippen molar-refractivity contribution in [3.05, 3.63) is 36.3 Å². The van der Waals surface area contributed by atoms with E-state index in [1.165, 1.54) is 17.1 Å². The highest BCUT2D eigenvalue weighted by molar-refractivity contribution is 7.09. The summed E-state index contributed by atoms with van der Waals surface area (Å²) in [6.45, 7) is 4.08. The highest BCUT2D eigenvalue weighted by atomic mass is 32.1. The maximum Gasteiger partial charge on any atom is 0.205 e. The van der Waals surface area contributed by atoms with Crippen molar-refractivity contribution >= 4 is 16.7 Å². The van der Waals surface area contributed by atoms with Gasteiger partial charge in [0.15, 0.2) is 17.3 Å². The summed E-state index contributed by atoms with van der Waals surface area (Å²) in [6, 6.07) is 6.19. The molecule has 1 aromatic carbocycles. The zero-order chi connectivity index (χ0) is 19.2. The van der Waals surface area contributed by atoms with Gasteiger partial charge >= 0.3 is 0 Å². The average Bonchev–Trinajstić information content (AvgIpc) is 3.42. The highest BCUT2D eigenvalue weighted by Crippen LogP contribution is 2.30. The van der Waals surface area contributed by atoms with E-state index in [2.05, 4.69) is 41.7 Å². The molecule has 8 nitrogen and oxygen atoms in total. The molecule has 0 saturated carbocycles. The van der Waals surface area contributed by atoms with Crippen LogP contribution in [-0.4, -0.2) is 59.2 Å². The maximum atomic E-state index is 5.64. The maximum absolute atomic E-state index is 5.64. The van der Waals surface area contributed by atoms with Crippen molar-refractivity contribution < 1.29 is 9.47 Å². The van der Waals surface area contributed by atoms with E-state index in [0.29, 0.717) is 19.0 Å². The number of hydrogen-bond donors (Lipinski definition) is 2. The molecule has 4 rings (SSSR count). The zero-order valence-corrected chi connectivity index (χ0v) is 16.7. The van der Waals surface area contributed by atoms with Crippen molar-refractivity contribution in [1.29, 1.82) is 0 Å². The summed E-state index contributed by atoms with van der Waals surface area (Å²) in [5.74, 6) is 2.40. The fourth-order valence-corrected chi connectivity index (χ4v) is 3.66. The molecule has 0 saturated heterocycles. The molecule has 2 N–H and O–H groups in total. The number of nitrogens with one attached hydrogen (secondary N) is 2. The first-order valence-corrected chi connectivity index (χ1v) is 10.2. The number of ether oxygens (including phenoxy) is 2. The quantitative estimate of drug-likeness (QED) is 0.533. The van der Waals surface area contributed by atoms with Crippen LogP contribution in [0.3, 0.4) is 0 Å². The number of imidazole rings is 1. The normalized spacial score (nSPS) is 12.9. The van der Waals surface area contributed by atoms with Crippen LogP contribution in [0.25, 0.3) is 11.5 Å².